The molecule has 3 rings (SSSR count). The van der Waals surface area contributed by atoms with Crippen LogP contribution in [0.15, 0.2) is 48.1 Å². The lowest BCUT2D eigenvalue weighted by molar-refractivity contribution is -0.120. The first-order chi connectivity index (χ1) is 9.78. The normalized spacial score (nSPS) is 12.7. The average molecular weight is 284 g/mol. The predicted molar refractivity (Wildman–Crippen MR) is 81.3 cm³/mol. The van der Waals surface area contributed by atoms with Gasteiger partial charge in [0.05, 0.1) is 12.1 Å². The van der Waals surface area contributed by atoms with E-state index in [0.29, 0.717) is 6.42 Å². The summed E-state index contributed by atoms with van der Waals surface area (Å²) in [5.74, 6) is 0.209. The van der Waals surface area contributed by atoms with Gasteiger partial charge >= 0.3 is 0 Å². The molecule has 0 aliphatic carbocycles. The highest BCUT2D eigenvalue weighted by molar-refractivity contribution is 7.15. The van der Waals surface area contributed by atoms with E-state index in [2.05, 4.69) is 11.9 Å². The number of thiazole rings is 1. The van der Waals surface area contributed by atoms with E-state index in [1.165, 1.54) is 0 Å². The Bertz CT molecular complexity index is 686. The topological polar surface area (TPSA) is 34.4 Å². The van der Waals surface area contributed by atoms with Crippen LogP contribution < -0.4 is 0 Å². The Hall–Kier alpha value is -1.94. The Kier molecular flexibility index (Phi) is 3.65. The van der Waals surface area contributed by atoms with Crippen molar-refractivity contribution in [2.75, 3.05) is 0 Å². The van der Waals surface area contributed by atoms with Gasteiger partial charge in [-0.05, 0) is 12.0 Å². The van der Waals surface area contributed by atoms with Crippen molar-refractivity contribution in [2.45, 2.75) is 25.7 Å². The summed E-state index contributed by atoms with van der Waals surface area (Å²) in [7, 11) is 0. The fourth-order valence-corrected chi connectivity index (χ4v) is 3.22. The zero-order valence-electron chi connectivity index (χ0n) is 11.3. The number of imidazole rings is 1. The van der Waals surface area contributed by atoms with Crippen molar-refractivity contribution < 1.29 is 4.79 Å². The van der Waals surface area contributed by atoms with Gasteiger partial charge in [-0.15, -0.1) is 11.3 Å². The number of carbonyl (C=O) groups is 1. The highest BCUT2D eigenvalue weighted by atomic mass is 32.1. The zero-order chi connectivity index (χ0) is 13.9. The number of carbonyl (C=O) groups excluding carboxylic acids is 1. The fourth-order valence-electron chi connectivity index (χ4n) is 2.50. The molecule has 0 amide bonds. The number of fused-ring (bicyclic) bond motifs is 1. The summed E-state index contributed by atoms with van der Waals surface area (Å²) in [5, 5.41) is 1.99. The Morgan fingerprint density at radius 3 is 2.85 bits per heavy atom. The molecular weight excluding hydrogens is 268 g/mol. The van der Waals surface area contributed by atoms with Crippen LogP contribution >= 0.6 is 11.3 Å². The van der Waals surface area contributed by atoms with E-state index < -0.39 is 0 Å². The largest absolute Gasteiger partial charge is 0.299 e. The first kappa shape index (κ1) is 13.1. The number of nitrogens with zero attached hydrogens (tertiary/aromatic N) is 2. The second-order valence-corrected chi connectivity index (χ2v) is 5.71. The number of ketones is 1. The minimum Gasteiger partial charge on any atom is -0.299 e. The summed E-state index contributed by atoms with van der Waals surface area (Å²) in [4.78, 5) is 17.9. The van der Waals surface area contributed by atoms with Crippen molar-refractivity contribution in [3.63, 3.8) is 0 Å². The van der Waals surface area contributed by atoms with Crippen LogP contribution in [-0.2, 0) is 11.2 Å². The molecule has 4 heteroatoms. The summed E-state index contributed by atoms with van der Waals surface area (Å²) >= 11 is 1.59. The molecule has 102 valence electrons. The van der Waals surface area contributed by atoms with Gasteiger partial charge in [0, 0.05) is 23.7 Å². The number of Topliss-reactive ketones (excluding diaryl/α,β-unsaturated/α-hetero) is 1. The first-order valence-corrected chi connectivity index (χ1v) is 7.64. The minimum atomic E-state index is -0.0315. The molecule has 0 N–H and O–H groups in total. The Morgan fingerprint density at radius 1 is 1.35 bits per heavy atom. The van der Waals surface area contributed by atoms with Gasteiger partial charge in [-0.1, -0.05) is 37.3 Å². The molecule has 3 nitrogen and oxygen atoms in total. The molecule has 0 aliphatic rings. The molecule has 0 spiro atoms. The van der Waals surface area contributed by atoms with Crippen molar-refractivity contribution in [3.05, 3.63) is 59.4 Å². The van der Waals surface area contributed by atoms with Crippen LogP contribution in [0.2, 0.25) is 0 Å². The summed E-state index contributed by atoms with van der Waals surface area (Å²) in [6, 6.07) is 10.00. The number of aromatic nitrogens is 2. The van der Waals surface area contributed by atoms with Crippen molar-refractivity contribution in [1.29, 1.82) is 0 Å². The van der Waals surface area contributed by atoms with Gasteiger partial charge in [0.25, 0.3) is 0 Å². The Labute approximate surface area is 121 Å². The number of rotatable bonds is 5. The lowest BCUT2D eigenvalue weighted by Gasteiger charge is -2.13. The molecule has 0 bridgehead atoms. The van der Waals surface area contributed by atoms with Gasteiger partial charge in [-0.25, -0.2) is 4.98 Å². The molecule has 0 aliphatic heterocycles. The second kappa shape index (κ2) is 5.59. The van der Waals surface area contributed by atoms with E-state index in [9.17, 15) is 4.79 Å². The van der Waals surface area contributed by atoms with E-state index in [0.717, 1.165) is 22.6 Å². The maximum absolute atomic E-state index is 12.5. The van der Waals surface area contributed by atoms with E-state index in [-0.39, 0.29) is 11.7 Å². The highest BCUT2D eigenvalue weighted by Crippen LogP contribution is 2.22. The molecule has 0 fully saturated rings. The van der Waals surface area contributed by atoms with Crippen LogP contribution in [0.5, 0.6) is 0 Å². The van der Waals surface area contributed by atoms with Gasteiger partial charge in [-0.3, -0.25) is 9.20 Å². The van der Waals surface area contributed by atoms with Gasteiger partial charge in [-0.2, -0.15) is 0 Å². The molecule has 0 saturated heterocycles. The molecular formula is C16H16N2OS. The molecule has 0 saturated carbocycles. The van der Waals surface area contributed by atoms with Crippen molar-refractivity contribution >= 4 is 22.1 Å². The van der Waals surface area contributed by atoms with E-state index in [1.54, 1.807) is 11.3 Å². The summed E-state index contributed by atoms with van der Waals surface area (Å²) in [6.07, 6.45) is 5.14. The molecule has 2 aromatic heterocycles. The maximum Gasteiger partial charge on any atom is 0.193 e. The standard InChI is InChI=1S/C16H16N2OS/c1-2-14(12-6-4-3-5-7-12)15(19)10-13-11-18-8-9-20-16(18)17-13/h3-9,11,14H,2,10H2,1H3. The van der Waals surface area contributed by atoms with Crippen LogP contribution in [0.4, 0.5) is 0 Å². The van der Waals surface area contributed by atoms with E-state index in [4.69, 9.17) is 0 Å². The van der Waals surface area contributed by atoms with E-state index >= 15 is 0 Å². The quantitative estimate of drug-likeness (QED) is 0.716. The summed E-state index contributed by atoms with van der Waals surface area (Å²) in [6.45, 7) is 2.06. The molecule has 3 aromatic rings. The van der Waals surface area contributed by atoms with Gasteiger partial charge < -0.3 is 0 Å². The molecule has 20 heavy (non-hydrogen) atoms. The van der Waals surface area contributed by atoms with Crippen molar-refractivity contribution in [3.8, 4) is 0 Å². The van der Waals surface area contributed by atoms with Crippen LogP contribution in [0, 0.1) is 0 Å². The van der Waals surface area contributed by atoms with Crippen LogP contribution in [0.1, 0.15) is 30.5 Å². The van der Waals surface area contributed by atoms with E-state index in [1.807, 2.05) is 52.5 Å². The second-order valence-electron chi connectivity index (χ2n) is 4.84. The fraction of sp³-hybridized carbons (Fsp3) is 0.250. The number of hydrogen-bond acceptors (Lipinski definition) is 3. The van der Waals surface area contributed by atoms with Gasteiger partial charge in [0.1, 0.15) is 5.78 Å². The van der Waals surface area contributed by atoms with Crippen LogP contribution in [0.3, 0.4) is 0 Å². The Balaban J connectivity index is 1.79. The first-order valence-electron chi connectivity index (χ1n) is 6.76. The smallest absolute Gasteiger partial charge is 0.193 e. The lowest BCUT2D eigenvalue weighted by Crippen LogP contribution is -2.14. The number of benzene rings is 1. The summed E-state index contributed by atoms with van der Waals surface area (Å²) < 4.78 is 1.97. The zero-order valence-corrected chi connectivity index (χ0v) is 12.1. The molecule has 1 atom stereocenters. The third-order valence-corrected chi connectivity index (χ3v) is 4.27. The van der Waals surface area contributed by atoms with Gasteiger partial charge in [0.2, 0.25) is 0 Å². The molecule has 0 radical (unpaired) electrons. The molecule has 2 heterocycles. The Morgan fingerprint density at radius 2 is 2.15 bits per heavy atom. The summed E-state index contributed by atoms with van der Waals surface area (Å²) in [5.41, 5.74) is 1.96. The monoisotopic (exact) mass is 284 g/mol. The lowest BCUT2D eigenvalue weighted by atomic mass is 9.90. The average Bonchev–Trinajstić information content (AvgIpc) is 3.01. The van der Waals surface area contributed by atoms with Crippen molar-refractivity contribution in [2.24, 2.45) is 0 Å². The van der Waals surface area contributed by atoms with Crippen LogP contribution in [-0.4, -0.2) is 15.2 Å². The molecule has 1 aromatic carbocycles. The van der Waals surface area contributed by atoms with Crippen molar-refractivity contribution in [1.82, 2.24) is 9.38 Å². The number of hydrogen-bond donors (Lipinski definition) is 0. The maximum atomic E-state index is 12.5. The van der Waals surface area contributed by atoms with Crippen LogP contribution in [0.25, 0.3) is 4.96 Å². The third kappa shape index (κ3) is 2.51. The SMILES string of the molecule is CCC(C(=O)Cc1cn2ccsc2n1)c1ccccc1. The van der Waals surface area contributed by atoms with Gasteiger partial charge in [0.15, 0.2) is 4.96 Å². The molecule has 1 unspecified atom stereocenters. The predicted octanol–water partition coefficient (Wildman–Crippen LogP) is 3.70. The third-order valence-electron chi connectivity index (χ3n) is 3.50. The highest BCUT2D eigenvalue weighted by Gasteiger charge is 2.19. The minimum absolute atomic E-state index is 0.0315.